The van der Waals surface area contributed by atoms with Gasteiger partial charge in [0.2, 0.25) is 11.8 Å². The van der Waals surface area contributed by atoms with Crippen LogP contribution >= 0.6 is 0 Å². The van der Waals surface area contributed by atoms with E-state index in [1.54, 1.807) is 11.1 Å². The molecule has 26 heavy (non-hydrogen) atoms. The van der Waals surface area contributed by atoms with Gasteiger partial charge in [0.15, 0.2) is 0 Å². The van der Waals surface area contributed by atoms with Crippen molar-refractivity contribution in [2.45, 2.75) is 12.8 Å². The van der Waals surface area contributed by atoms with Crippen molar-refractivity contribution < 1.29 is 9.59 Å². The third-order valence-electron chi connectivity index (χ3n) is 4.57. The highest BCUT2D eigenvalue weighted by Crippen LogP contribution is 2.21. The summed E-state index contributed by atoms with van der Waals surface area (Å²) in [5.74, 6) is 0.431. The zero-order valence-corrected chi connectivity index (χ0v) is 15.2. The lowest BCUT2D eigenvalue weighted by Gasteiger charge is -2.17. The number of rotatable bonds is 6. The molecule has 6 nitrogen and oxygen atoms in total. The van der Waals surface area contributed by atoms with Crippen molar-refractivity contribution in [1.29, 1.82) is 0 Å². The van der Waals surface area contributed by atoms with Crippen LogP contribution in [0.3, 0.4) is 0 Å². The number of carbonyl (C=O) groups is 2. The second kappa shape index (κ2) is 7.99. The first kappa shape index (κ1) is 17.9. The number of benzene rings is 1. The molecule has 1 N–H and O–H groups in total. The van der Waals surface area contributed by atoms with Crippen LogP contribution in [0.15, 0.2) is 48.7 Å². The average molecular weight is 352 g/mol. The van der Waals surface area contributed by atoms with Crippen molar-refractivity contribution >= 4 is 23.3 Å². The van der Waals surface area contributed by atoms with Crippen LogP contribution in [0.4, 0.5) is 11.5 Å². The van der Waals surface area contributed by atoms with Crippen LogP contribution in [0.5, 0.6) is 0 Å². The number of hydrogen-bond acceptors (Lipinski definition) is 4. The van der Waals surface area contributed by atoms with E-state index in [-0.39, 0.29) is 24.2 Å². The van der Waals surface area contributed by atoms with Crippen molar-refractivity contribution in [3.63, 3.8) is 0 Å². The summed E-state index contributed by atoms with van der Waals surface area (Å²) in [5, 5.41) is 2.87. The number of hydrogen-bond donors (Lipinski definition) is 1. The third kappa shape index (κ3) is 4.39. The van der Waals surface area contributed by atoms with Crippen LogP contribution in [0.2, 0.25) is 0 Å². The number of pyridine rings is 1. The van der Waals surface area contributed by atoms with E-state index in [1.165, 1.54) is 5.56 Å². The van der Waals surface area contributed by atoms with Crippen molar-refractivity contribution in [3.05, 3.63) is 54.2 Å². The van der Waals surface area contributed by atoms with Gasteiger partial charge in [-0.2, -0.15) is 0 Å². The number of amides is 2. The summed E-state index contributed by atoms with van der Waals surface area (Å²) in [7, 11) is 3.82. The fraction of sp³-hybridized carbons (Fsp3) is 0.350. The van der Waals surface area contributed by atoms with Crippen LogP contribution in [-0.4, -0.2) is 48.9 Å². The molecule has 1 atom stereocenters. The van der Waals surface area contributed by atoms with Crippen molar-refractivity contribution in [2.75, 3.05) is 37.4 Å². The predicted octanol–water partition coefficient (Wildman–Crippen LogP) is 2.18. The molecule has 1 aromatic heterocycles. The maximum Gasteiger partial charge on any atom is 0.229 e. The summed E-state index contributed by atoms with van der Waals surface area (Å²) in [6.45, 7) is 1.12. The minimum Gasteiger partial charge on any atom is -0.363 e. The van der Waals surface area contributed by atoms with E-state index in [0.717, 1.165) is 12.2 Å². The van der Waals surface area contributed by atoms with Gasteiger partial charge in [-0.05, 0) is 24.1 Å². The number of nitrogens with one attached hydrogen (secondary N) is 1. The highest BCUT2D eigenvalue weighted by atomic mass is 16.2. The molecule has 0 aliphatic carbocycles. The monoisotopic (exact) mass is 352 g/mol. The molecule has 2 aromatic rings. The lowest BCUT2D eigenvalue weighted by atomic mass is 10.1. The largest absolute Gasteiger partial charge is 0.363 e. The maximum absolute atomic E-state index is 12.5. The smallest absolute Gasteiger partial charge is 0.229 e. The maximum atomic E-state index is 12.5. The SMILES string of the molecule is CN(C)c1ccc(NC(=O)C2CC(=O)N(CCc3ccccc3)C2)cn1. The van der Waals surface area contributed by atoms with Crippen molar-refractivity contribution in [3.8, 4) is 0 Å². The Balaban J connectivity index is 1.53. The molecule has 1 aromatic carbocycles. The normalized spacial score (nSPS) is 16.6. The average Bonchev–Trinajstić information content (AvgIpc) is 3.02. The van der Waals surface area contributed by atoms with Crippen LogP contribution in [0.25, 0.3) is 0 Å². The first-order valence-electron chi connectivity index (χ1n) is 8.79. The molecule has 0 radical (unpaired) electrons. The van der Waals surface area contributed by atoms with Crippen molar-refractivity contribution in [2.24, 2.45) is 5.92 Å². The molecule has 0 bridgehead atoms. The van der Waals surface area contributed by atoms with Crippen LogP contribution < -0.4 is 10.2 Å². The Bertz CT molecular complexity index is 759. The Hall–Kier alpha value is -2.89. The van der Waals surface area contributed by atoms with Gasteiger partial charge in [-0.3, -0.25) is 9.59 Å². The first-order valence-corrected chi connectivity index (χ1v) is 8.79. The van der Waals surface area contributed by atoms with E-state index in [1.807, 2.05) is 49.3 Å². The molecule has 0 spiro atoms. The van der Waals surface area contributed by atoms with Crippen molar-refractivity contribution in [1.82, 2.24) is 9.88 Å². The summed E-state index contributed by atoms with van der Waals surface area (Å²) in [5.41, 5.74) is 1.84. The van der Waals surface area contributed by atoms with Gasteiger partial charge in [0.25, 0.3) is 0 Å². The molecule has 1 aliphatic heterocycles. The molecule has 136 valence electrons. The van der Waals surface area contributed by atoms with E-state index < -0.39 is 0 Å². The van der Waals surface area contributed by atoms with E-state index in [9.17, 15) is 9.59 Å². The van der Waals surface area contributed by atoms with Gasteiger partial charge in [-0.25, -0.2) is 4.98 Å². The topological polar surface area (TPSA) is 65.5 Å². The van der Waals surface area contributed by atoms with E-state index in [4.69, 9.17) is 0 Å². The molecule has 6 heteroatoms. The molecule has 1 aliphatic rings. The summed E-state index contributed by atoms with van der Waals surface area (Å²) in [6.07, 6.45) is 2.71. The Kier molecular flexibility index (Phi) is 5.51. The van der Waals surface area contributed by atoms with Gasteiger partial charge in [0.1, 0.15) is 5.82 Å². The fourth-order valence-corrected chi connectivity index (χ4v) is 3.04. The second-order valence-electron chi connectivity index (χ2n) is 6.77. The minimum absolute atomic E-state index is 0.0437. The van der Waals surface area contributed by atoms with Crippen LogP contribution in [-0.2, 0) is 16.0 Å². The zero-order chi connectivity index (χ0) is 18.5. The van der Waals surface area contributed by atoms with Gasteiger partial charge in [0.05, 0.1) is 17.8 Å². The molecule has 1 fully saturated rings. The standard InChI is InChI=1S/C20H24N4O2/c1-23(2)18-9-8-17(13-21-18)22-20(26)16-12-19(25)24(14-16)11-10-15-6-4-3-5-7-15/h3-9,13,16H,10-12,14H2,1-2H3,(H,22,26). The number of carbonyl (C=O) groups excluding carboxylic acids is 2. The van der Waals surface area contributed by atoms with E-state index in [2.05, 4.69) is 22.4 Å². The number of aromatic nitrogens is 1. The predicted molar refractivity (Wildman–Crippen MR) is 102 cm³/mol. The number of likely N-dealkylation sites (tertiary alicyclic amines) is 1. The summed E-state index contributed by atoms with van der Waals surface area (Å²) in [6, 6.07) is 13.7. The molecule has 2 heterocycles. The lowest BCUT2D eigenvalue weighted by molar-refractivity contribution is -0.128. The Morgan fingerprint density at radius 3 is 2.65 bits per heavy atom. The van der Waals surface area contributed by atoms with Gasteiger partial charge in [0, 0.05) is 33.6 Å². The molecule has 1 saturated heterocycles. The lowest BCUT2D eigenvalue weighted by Crippen LogP contribution is -2.30. The Labute approximate surface area is 153 Å². The van der Waals surface area contributed by atoms with Gasteiger partial charge in [-0.15, -0.1) is 0 Å². The first-order chi connectivity index (χ1) is 12.5. The van der Waals surface area contributed by atoms with E-state index in [0.29, 0.717) is 18.8 Å². The summed E-state index contributed by atoms with van der Waals surface area (Å²) < 4.78 is 0. The fourth-order valence-electron chi connectivity index (χ4n) is 3.04. The summed E-state index contributed by atoms with van der Waals surface area (Å²) in [4.78, 5) is 32.6. The molecular formula is C20H24N4O2. The zero-order valence-electron chi connectivity index (χ0n) is 15.2. The molecular weight excluding hydrogens is 328 g/mol. The Morgan fingerprint density at radius 2 is 2.00 bits per heavy atom. The second-order valence-corrected chi connectivity index (χ2v) is 6.77. The van der Waals surface area contributed by atoms with Crippen LogP contribution in [0.1, 0.15) is 12.0 Å². The highest BCUT2D eigenvalue weighted by Gasteiger charge is 2.34. The third-order valence-corrected chi connectivity index (χ3v) is 4.57. The Morgan fingerprint density at radius 1 is 1.23 bits per heavy atom. The van der Waals surface area contributed by atoms with Gasteiger partial charge >= 0.3 is 0 Å². The molecule has 3 rings (SSSR count). The van der Waals surface area contributed by atoms with E-state index >= 15 is 0 Å². The minimum atomic E-state index is -0.313. The summed E-state index contributed by atoms with van der Waals surface area (Å²) >= 11 is 0. The number of nitrogens with zero attached hydrogens (tertiary/aromatic N) is 3. The van der Waals surface area contributed by atoms with Gasteiger partial charge in [-0.1, -0.05) is 30.3 Å². The highest BCUT2D eigenvalue weighted by molar-refractivity contribution is 5.97. The van der Waals surface area contributed by atoms with Gasteiger partial charge < -0.3 is 15.1 Å². The molecule has 2 amide bonds. The molecule has 1 unspecified atom stereocenters. The number of anilines is 2. The quantitative estimate of drug-likeness (QED) is 0.865. The molecule has 0 saturated carbocycles. The van der Waals surface area contributed by atoms with Crippen LogP contribution in [0, 0.1) is 5.92 Å².